The molecule has 19 heavy (non-hydrogen) atoms. The van der Waals surface area contributed by atoms with E-state index < -0.39 is 0 Å². The van der Waals surface area contributed by atoms with Gasteiger partial charge in [-0.3, -0.25) is 9.89 Å². The normalized spacial score (nSPS) is 21.4. The molecule has 2 N–H and O–H groups in total. The Labute approximate surface area is 113 Å². The summed E-state index contributed by atoms with van der Waals surface area (Å²) in [6, 6.07) is 1.92. The van der Waals surface area contributed by atoms with Gasteiger partial charge in [-0.1, -0.05) is 19.3 Å². The average molecular weight is 263 g/mol. The molecule has 1 aromatic rings. The highest BCUT2D eigenvalue weighted by Crippen LogP contribution is 2.32. The lowest BCUT2D eigenvalue weighted by molar-refractivity contribution is 0.0356. The van der Waals surface area contributed by atoms with Crippen molar-refractivity contribution in [3.05, 3.63) is 17.5 Å². The largest absolute Gasteiger partial charge is 0.396 e. The van der Waals surface area contributed by atoms with Gasteiger partial charge in [-0.05, 0) is 18.9 Å². The molecule has 2 heterocycles. The number of rotatable bonds is 3. The summed E-state index contributed by atoms with van der Waals surface area (Å²) in [5, 5.41) is 16.2. The number of aromatic amines is 1. The molecule has 0 bridgehead atoms. The highest BCUT2D eigenvalue weighted by atomic mass is 16.3. The fourth-order valence-electron chi connectivity index (χ4n) is 3.08. The van der Waals surface area contributed by atoms with E-state index in [-0.39, 0.29) is 18.4 Å². The molecule has 0 radical (unpaired) electrons. The summed E-state index contributed by atoms with van der Waals surface area (Å²) in [5.41, 5.74) is 1.64. The Hall–Kier alpha value is -1.36. The third-order valence-electron chi connectivity index (χ3n) is 4.36. The van der Waals surface area contributed by atoms with Crippen LogP contribution in [0.25, 0.3) is 0 Å². The van der Waals surface area contributed by atoms with Crippen LogP contribution in [0.3, 0.4) is 0 Å². The van der Waals surface area contributed by atoms with Crippen molar-refractivity contribution >= 4 is 5.91 Å². The van der Waals surface area contributed by atoms with E-state index in [2.05, 4.69) is 10.2 Å². The molecule has 2 fully saturated rings. The van der Waals surface area contributed by atoms with Crippen molar-refractivity contribution in [3.8, 4) is 0 Å². The van der Waals surface area contributed by atoms with Gasteiger partial charge in [0, 0.05) is 37.2 Å². The van der Waals surface area contributed by atoms with Crippen LogP contribution in [-0.4, -0.2) is 45.8 Å². The number of aliphatic hydroxyl groups is 1. The summed E-state index contributed by atoms with van der Waals surface area (Å²) in [6.07, 6.45) is 6.28. The number of aliphatic hydroxyl groups excluding tert-OH is 1. The summed E-state index contributed by atoms with van der Waals surface area (Å²) in [4.78, 5) is 13.9. The number of nitrogens with one attached hydrogen (secondary N) is 1. The van der Waals surface area contributed by atoms with E-state index >= 15 is 0 Å². The minimum Gasteiger partial charge on any atom is -0.396 e. The molecule has 1 saturated heterocycles. The van der Waals surface area contributed by atoms with Crippen LogP contribution >= 0.6 is 0 Å². The van der Waals surface area contributed by atoms with Gasteiger partial charge in [-0.25, -0.2) is 0 Å². The van der Waals surface area contributed by atoms with E-state index in [1.165, 1.54) is 32.1 Å². The number of nitrogens with zero attached hydrogens (tertiary/aromatic N) is 2. The first-order valence-corrected chi connectivity index (χ1v) is 7.23. The lowest BCUT2D eigenvalue weighted by Gasteiger charge is -2.37. The van der Waals surface area contributed by atoms with E-state index in [1.807, 2.05) is 6.07 Å². The van der Waals surface area contributed by atoms with Crippen molar-refractivity contribution in [2.45, 2.75) is 38.0 Å². The summed E-state index contributed by atoms with van der Waals surface area (Å²) < 4.78 is 0. The molecule has 104 valence electrons. The second-order valence-corrected chi connectivity index (χ2v) is 5.80. The van der Waals surface area contributed by atoms with Gasteiger partial charge in [-0.15, -0.1) is 0 Å². The summed E-state index contributed by atoms with van der Waals surface area (Å²) in [6.45, 7) is 1.47. The number of amides is 1. The molecule has 1 saturated carbocycles. The zero-order valence-electron chi connectivity index (χ0n) is 11.1. The second-order valence-electron chi connectivity index (χ2n) is 5.80. The van der Waals surface area contributed by atoms with Crippen molar-refractivity contribution < 1.29 is 9.90 Å². The number of aromatic nitrogens is 2. The van der Waals surface area contributed by atoms with Crippen molar-refractivity contribution in [3.63, 3.8) is 0 Å². The maximum Gasteiger partial charge on any atom is 0.274 e. The SMILES string of the molecule is O=C(c1cc(C2CCCCC2)[nH]n1)N1CC(CO)C1. The van der Waals surface area contributed by atoms with Crippen molar-refractivity contribution in [2.24, 2.45) is 5.92 Å². The standard InChI is InChI=1S/C14H21N3O2/c18-9-10-7-17(8-10)14(19)13-6-12(15-16-13)11-4-2-1-3-5-11/h6,10-11,18H,1-5,7-9H2,(H,15,16). The average Bonchev–Trinajstić information content (AvgIpc) is 2.88. The van der Waals surface area contributed by atoms with E-state index in [1.54, 1.807) is 4.90 Å². The Balaban J connectivity index is 1.62. The van der Waals surface area contributed by atoms with Crippen LogP contribution in [0.2, 0.25) is 0 Å². The zero-order chi connectivity index (χ0) is 13.2. The maximum atomic E-state index is 12.1. The molecule has 1 amide bonds. The molecule has 0 spiro atoms. The van der Waals surface area contributed by atoms with Crippen molar-refractivity contribution in [1.82, 2.24) is 15.1 Å². The Morgan fingerprint density at radius 3 is 2.79 bits per heavy atom. The quantitative estimate of drug-likeness (QED) is 0.868. The number of carbonyl (C=O) groups excluding carboxylic acids is 1. The number of hydrogen-bond acceptors (Lipinski definition) is 3. The van der Waals surface area contributed by atoms with Gasteiger partial charge in [0.15, 0.2) is 0 Å². The Morgan fingerprint density at radius 2 is 2.11 bits per heavy atom. The van der Waals surface area contributed by atoms with Crippen LogP contribution in [0.5, 0.6) is 0 Å². The molecule has 0 atom stereocenters. The lowest BCUT2D eigenvalue weighted by atomic mass is 9.87. The Morgan fingerprint density at radius 1 is 1.37 bits per heavy atom. The van der Waals surface area contributed by atoms with E-state index in [4.69, 9.17) is 5.11 Å². The van der Waals surface area contributed by atoms with E-state index in [0.717, 1.165) is 5.69 Å². The molecule has 3 rings (SSSR count). The number of likely N-dealkylation sites (tertiary alicyclic amines) is 1. The monoisotopic (exact) mass is 263 g/mol. The first-order valence-electron chi connectivity index (χ1n) is 7.23. The fraction of sp³-hybridized carbons (Fsp3) is 0.714. The van der Waals surface area contributed by atoms with E-state index in [0.29, 0.717) is 24.7 Å². The van der Waals surface area contributed by atoms with Crippen molar-refractivity contribution in [1.29, 1.82) is 0 Å². The van der Waals surface area contributed by atoms with Gasteiger partial charge in [-0.2, -0.15) is 5.10 Å². The second kappa shape index (κ2) is 5.33. The topological polar surface area (TPSA) is 69.2 Å². The maximum absolute atomic E-state index is 12.1. The Kier molecular flexibility index (Phi) is 3.55. The predicted octanol–water partition coefficient (Wildman–Crippen LogP) is 1.52. The molecule has 1 aliphatic heterocycles. The van der Waals surface area contributed by atoms with Gasteiger partial charge < -0.3 is 10.0 Å². The van der Waals surface area contributed by atoms with Crippen LogP contribution in [0, 0.1) is 5.92 Å². The lowest BCUT2D eigenvalue weighted by Crippen LogP contribution is -2.51. The van der Waals surface area contributed by atoms with Gasteiger partial charge in [0.2, 0.25) is 0 Å². The minimum absolute atomic E-state index is 0.0111. The first kappa shape index (κ1) is 12.7. The smallest absolute Gasteiger partial charge is 0.274 e. The zero-order valence-corrected chi connectivity index (χ0v) is 11.1. The van der Waals surface area contributed by atoms with Crippen LogP contribution < -0.4 is 0 Å². The summed E-state index contributed by atoms with van der Waals surface area (Å²) >= 11 is 0. The fourth-order valence-corrected chi connectivity index (χ4v) is 3.08. The molecular weight excluding hydrogens is 242 g/mol. The third kappa shape index (κ3) is 2.52. The summed E-state index contributed by atoms with van der Waals surface area (Å²) in [7, 11) is 0. The molecule has 1 aliphatic carbocycles. The first-order chi connectivity index (χ1) is 9.28. The van der Waals surface area contributed by atoms with Crippen LogP contribution in [0.1, 0.15) is 54.2 Å². The minimum atomic E-state index is -0.0111. The summed E-state index contributed by atoms with van der Waals surface area (Å²) in [5.74, 6) is 0.785. The molecule has 5 nitrogen and oxygen atoms in total. The molecule has 2 aliphatic rings. The molecule has 0 unspecified atom stereocenters. The molecular formula is C14H21N3O2. The van der Waals surface area contributed by atoms with Gasteiger partial charge >= 0.3 is 0 Å². The predicted molar refractivity (Wildman–Crippen MR) is 70.9 cm³/mol. The third-order valence-corrected chi connectivity index (χ3v) is 4.36. The van der Waals surface area contributed by atoms with Gasteiger partial charge in [0.25, 0.3) is 5.91 Å². The Bertz CT molecular complexity index is 445. The number of H-pyrrole nitrogens is 1. The highest BCUT2D eigenvalue weighted by Gasteiger charge is 2.32. The molecule has 1 aromatic heterocycles. The van der Waals surface area contributed by atoms with Crippen molar-refractivity contribution in [2.75, 3.05) is 19.7 Å². The number of hydrogen-bond donors (Lipinski definition) is 2. The van der Waals surface area contributed by atoms with Gasteiger partial charge in [0.05, 0.1) is 0 Å². The van der Waals surface area contributed by atoms with E-state index in [9.17, 15) is 4.79 Å². The van der Waals surface area contributed by atoms with Crippen LogP contribution in [0.4, 0.5) is 0 Å². The van der Waals surface area contributed by atoms with Crippen LogP contribution in [-0.2, 0) is 0 Å². The van der Waals surface area contributed by atoms with Gasteiger partial charge in [0.1, 0.15) is 5.69 Å². The molecule has 5 heteroatoms. The molecule has 0 aromatic carbocycles. The van der Waals surface area contributed by atoms with Crippen LogP contribution in [0.15, 0.2) is 6.07 Å². The highest BCUT2D eigenvalue weighted by molar-refractivity contribution is 5.92. The number of carbonyl (C=O) groups is 1.